The summed E-state index contributed by atoms with van der Waals surface area (Å²) in [5.41, 5.74) is 0.995. The van der Waals surface area contributed by atoms with Crippen LogP contribution in [0.25, 0.3) is 17.2 Å². The van der Waals surface area contributed by atoms with Gasteiger partial charge in [0.2, 0.25) is 0 Å². The van der Waals surface area contributed by atoms with E-state index < -0.39 is 11.0 Å². The second-order valence-corrected chi connectivity index (χ2v) is 5.90. The maximum atomic E-state index is 10.6. The summed E-state index contributed by atoms with van der Waals surface area (Å²) in [6, 6.07) is 7.75. The topological polar surface area (TPSA) is 50.9 Å². The van der Waals surface area contributed by atoms with Crippen LogP contribution < -0.4 is 0 Å². The van der Waals surface area contributed by atoms with Gasteiger partial charge in [0, 0.05) is 6.20 Å². The third-order valence-corrected chi connectivity index (χ3v) is 4.56. The summed E-state index contributed by atoms with van der Waals surface area (Å²) in [7, 11) is 0. The number of aromatic nitrogens is 3. The van der Waals surface area contributed by atoms with Gasteiger partial charge >= 0.3 is 0 Å². The fourth-order valence-electron chi connectivity index (χ4n) is 2.77. The second kappa shape index (κ2) is 5.54. The Morgan fingerprint density at radius 1 is 1.25 bits per heavy atom. The normalized spacial score (nSPS) is 20.5. The van der Waals surface area contributed by atoms with Crippen molar-refractivity contribution in [1.29, 1.82) is 0 Å². The van der Waals surface area contributed by atoms with E-state index in [0.29, 0.717) is 0 Å². The molecule has 20 heavy (non-hydrogen) atoms. The number of fused-ring (bicyclic) bond motifs is 1. The zero-order valence-electron chi connectivity index (χ0n) is 11.2. The predicted molar refractivity (Wildman–Crippen MR) is 80.5 cm³/mol. The smallest absolute Gasteiger partial charge is 0.113 e. The van der Waals surface area contributed by atoms with E-state index >= 15 is 0 Å². The van der Waals surface area contributed by atoms with E-state index in [0.717, 1.165) is 36.7 Å². The van der Waals surface area contributed by atoms with Crippen molar-refractivity contribution in [2.45, 2.75) is 43.1 Å². The van der Waals surface area contributed by atoms with E-state index in [9.17, 15) is 5.11 Å². The molecule has 1 saturated carbocycles. The molecule has 1 aliphatic carbocycles. The van der Waals surface area contributed by atoms with E-state index in [-0.39, 0.29) is 0 Å². The number of nitrogens with zero attached hydrogens (tertiary/aromatic N) is 3. The summed E-state index contributed by atoms with van der Waals surface area (Å²) in [6.45, 7) is 0. The zero-order valence-corrected chi connectivity index (χ0v) is 12.0. The number of hydrogen-bond donors (Lipinski definition) is 1. The number of halogens is 1. The summed E-state index contributed by atoms with van der Waals surface area (Å²) in [4.78, 5) is 0. The number of benzene rings is 1. The molecule has 0 aliphatic heterocycles. The minimum Gasteiger partial charge on any atom is -0.388 e. The summed E-state index contributed by atoms with van der Waals surface area (Å²) < 4.78 is 1.69. The molecular formula is C15H18ClN3O. The quantitative estimate of drug-likeness (QED) is 0.884. The number of alkyl halides is 1. The molecule has 2 aromatic rings. The van der Waals surface area contributed by atoms with Crippen LogP contribution in [0.15, 0.2) is 30.3 Å². The van der Waals surface area contributed by atoms with Crippen LogP contribution in [-0.2, 0) is 0 Å². The van der Waals surface area contributed by atoms with Gasteiger partial charge in [-0.15, -0.1) is 16.7 Å². The van der Waals surface area contributed by atoms with E-state index in [4.69, 9.17) is 11.6 Å². The van der Waals surface area contributed by atoms with Crippen molar-refractivity contribution >= 4 is 28.8 Å². The fraction of sp³-hybridized carbons (Fsp3) is 0.467. The number of rotatable bonds is 3. The highest BCUT2D eigenvalue weighted by Crippen LogP contribution is 2.34. The monoisotopic (exact) mass is 291 g/mol. The molecule has 1 N–H and O–H groups in total. The molecule has 0 radical (unpaired) electrons. The summed E-state index contributed by atoms with van der Waals surface area (Å²) >= 11 is 6.37. The summed E-state index contributed by atoms with van der Waals surface area (Å²) in [5.74, 6) is 0. The van der Waals surface area contributed by atoms with Crippen molar-refractivity contribution in [2.75, 3.05) is 0 Å². The zero-order chi connectivity index (χ0) is 14.0. The van der Waals surface area contributed by atoms with Gasteiger partial charge in [0.25, 0.3) is 0 Å². The molecule has 1 heterocycles. The predicted octanol–water partition coefficient (Wildman–Crippen LogP) is 3.20. The molecule has 0 saturated heterocycles. The molecule has 0 amide bonds. The number of aliphatic hydroxyl groups is 1. The Morgan fingerprint density at radius 3 is 2.80 bits per heavy atom. The highest BCUT2D eigenvalue weighted by atomic mass is 35.5. The molecule has 106 valence electrons. The molecule has 1 fully saturated rings. The Bertz CT molecular complexity index is 616. The Morgan fingerprint density at radius 2 is 2.00 bits per heavy atom. The first-order valence-electron chi connectivity index (χ1n) is 7.04. The maximum Gasteiger partial charge on any atom is 0.113 e. The van der Waals surface area contributed by atoms with Crippen LogP contribution in [-0.4, -0.2) is 31.1 Å². The van der Waals surface area contributed by atoms with Crippen LogP contribution in [0.2, 0.25) is 0 Å². The molecule has 3 rings (SSSR count). The average molecular weight is 292 g/mol. The van der Waals surface area contributed by atoms with Crippen molar-refractivity contribution in [3.8, 4) is 0 Å². The highest BCUT2D eigenvalue weighted by Gasteiger charge is 2.35. The van der Waals surface area contributed by atoms with Crippen LogP contribution in [0.3, 0.4) is 0 Å². The highest BCUT2D eigenvalue weighted by molar-refractivity contribution is 6.22. The number of para-hydroxylation sites is 1. The third kappa shape index (κ3) is 2.58. The lowest BCUT2D eigenvalue weighted by molar-refractivity contribution is 0.0103. The lowest BCUT2D eigenvalue weighted by atomic mass is 9.82. The molecule has 1 aromatic heterocycles. The lowest BCUT2D eigenvalue weighted by Gasteiger charge is -2.34. The first-order valence-corrected chi connectivity index (χ1v) is 7.47. The molecule has 1 atom stereocenters. The van der Waals surface area contributed by atoms with E-state index in [1.165, 1.54) is 6.42 Å². The van der Waals surface area contributed by atoms with Crippen LogP contribution in [0.1, 0.15) is 32.1 Å². The van der Waals surface area contributed by atoms with Gasteiger partial charge in [-0.25, -0.2) is 4.68 Å². The minimum absolute atomic E-state index is 0.397. The van der Waals surface area contributed by atoms with Crippen molar-refractivity contribution in [3.63, 3.8) is 0 Å². The minimum atomic E-state index is -0.785. The van der Waals surface area contributed by atoms with Crippen LogP contribution in [0.5, 0.6) is 0 Å². The maximum absolute atomic E-state index is 10.6. The van der Waals surface area contributed by atoms with Crippen LogP contribution in [0.4, 0.5) is 0 Å². The van der Waals surface area contributed by atoms with Crippen molar-refractivity contribution in [3.05, 3.63) is 30.3 Å². The van der Waals surface area contributed by atoms with Gasteiger partial charge < -0.3 is 5.11 Å². The Balaban J connectivity index is 1.79. The molecule has 4 nitrogen and oxygen atoms in total. The largest absolute Gasteiger partial charge is 0.388 e. The first kappa shape index (κ1) is 13.6. The van der Waals surface area contributed by atoms with E-state index in [2.05, 4.69) is 10.3 Å². The van der Waals surface area contributed by atoms with Gasteiger partial charge in [-0.2, -0.15) is 0 Å². The first-order chi connectivity index (χ1) is 9.69. The van der Waals surface area contributed by atoms with Gasteiger partial charge in [0.15, 0.2) is 0 Å². The Labute approximate surface area is 123 Å². The average Bonchev–Trinajstić information content (AvgIpc) is 2.89. The molecular weight excluding hydrogens is 274 g/mol. The molecule has 1 aliphatic rings. The molecule has 5 heteroatoms. The number of hydrogen-bond acceptors (Lipinski definition) is 3. The Hall–Kier alpha value is -1.39. The fourth-order valence-corrected chi connectivity index (χ4v) is 3.06. The van der Waals surface area contributed by atoms with E-state index in [1.807, 2.05) is 30.3 Å². The van der Waals surface area contributed by atoms with Gasteiger partial charge in [-0.3, -0.25) is 0 Å². The Kier molecular flexibility index (Phi) is 3.76. The molecule has 0 bridgehead atoms. The molecule has 0 spiro atoms. The summed E-state index contributed by atoms with van der Waals surface area (Å²) in [6.07, 6.45) is 8.41. The SMILES string of the molecule is OC1(C(Cl)/C=C\n2nnc3ccccc32)CCCCC1. The van der Waals surface area contributed by atoms with E-state index in [1.54, 1.807) is 10.9 Å². The van der Waals surface area contributed by atoms with Crippen molar-refractivity contribution in [1.82, 2.24) is 15.0 Å². The van der Waals surface area contributed by atoms with Gasteiger partial charge in [-0.1, -0.05) is 36.6 Å². The molecule has 1 unspecified atom stereocenters. The second-order valence-electron chi connectivity index (χ2n) is 5.43. The lowest BCUT2D eigenvalue weighted by Crippen LogP contribution is -2.39. The van der Waals surface area contributed by atoms with Crippen molar-refractivity contribution < 1.29 is 5.11 Å². The standard InChI is InChI=1S/C15H18ClN3O/c16-14(15(20)9-4-1-5-10-15)8-11-19-13-7-3-2-6-12(13)17-18-19/h2-3,6-8,11,14,20H,1,4-5,9-10H2/b11-8-. The van der Waals surface area contributed by atoms with Gasteiger partial charge in [0.05, 0.1) is 16.5 Å². The molecule has 1 aromatic carbocycles. The van der Waals surface area contributed by atoms with Crippen LogP contribution >= 0.6 is 11.6 Å². The summed E-state index contributed by atoms with van der Waals surface area (Å²) in [5, 5.41) is 18.3. The van der Waals surface area contributed by atoms with Crippen LogP contribution in [0, 0.1) is 0 Å². The van der Waals surface area contributed by atoms with Gasteiger partial charge in [0.1, 0.15) is 5.52 Å². The van der Waals surface area contributed by atoms with Crippen molar-refractivity contribution in [2.24, 2.45) is 0 Å². The third-order valence-electron chi connectivity index (χ3n) is 4.01. The van der Waals surface area contributed by atoms with Gasteiger partial charge in [-0.05, 0) is 31.1 Å².